The fourth-order valence-electron chi connectivity index (χ4n) is 5.51. The van der Waals surface area contributed by atoms with Crippen molar-refractivity contribution in [3.05, 3.63) is 71.6 Å². The smallest absolute Gasteiger partial charge is 0.373 e. The molecule has 0 atom stereocenters. The summed E-state index contributed by atoms with van der Waals surface area (Å²) in [5, 5.41) is 20.9. The van der Waals surface area contributed by atoms with Crippen molar-refractivity contribution in [2.24, 2.45) is 11.8 Å². The molecule has 9 nitrogen and oxygen atoms in total. The van der Waals surface area contributed by atoms with E-state index in [-0.39, 0.29) is 24.1 Å². The van der Waals surface area contributed by atoms with E-state index in [2.05, 4.69) is 22.5 Å². The van der Waals surface area contributed by atoms with E-state index in [1.165, 1.54) is 0 Å². The maximum absolute atomic E-state index is 12.1. The van der Waals surface area contributed by atoms with Crippen LogP contribution in [0.15, 0.2) is 65.1 Å². The third kappa shape index (κ3) is 5.04. The second kappa shape index (κ2) is 10.6. The lowest BCUT2D eigenvalue weighted by Gasteiger charge is -2.40. The molecule has 0 saturated carbocycles. The normalized spacial score (nSPS) is 16.6. The van der Waals surface area contributed by atoms with Gasteiger partial charge in [-0.25, -0.2) is 9.37 Å². The van der Waals surface area contributed by atoms with Gasteiger partial charge in [0.25, 0.3) is 0 Å². The van der Waals surface area contributed by atoms with Crippen LogP contribution in [0.4, 0.5) is 5.69 Å². The Labute approximate surface area is 223 Å². The number of hydrogen-bond donors (Lipinski definition) is 2. The third-order valence-electron chi connectivity index (χ3n) is 7.33. The minimum absolute atomic E-state index is 0.145. The molecule has 0 aromatic heterocycles. The van der Waals surface area contributed by atoms with E-state index in [0.29, 0.717) is 35.9 Å². The molecule has 198 valence electrons. The van der Waals surface area contributed by atoms with Gasteiger partial charge in [0, 0.05) is 53.3 Å². The number of aliphatic carboxylic acids is 1. The molecular formula is C30H27N2O7+. The Balaban J connectivity index is 0.000000983. The van der Waals surface area contributed by atoms with E-state index >= 15 is 0 Å². The molecule has 0 spiro atoms. The van der Waals surface area contributed by atoms with Crippen molar-refractivity contribution in [3.63, 3.8) is 0 Å². The quantitative estimate of drug-likeness (QED) is 0.297. The Morgan fingerprint density at radius 2 is 1.72 bits per heavy atom. The van der Waals surface area contributed by atoms with Crippen molar-refractivity contribution in [3.8, 4) is 22.5 Å². The van der Waals surface area contributed by atoms with Gasteiger partial charge in [0.1, 0.15) is 11.3 Å². The molecule has 4 aliphatic rings. The zero-order valence-corrected chi connectivity index (χ0v) is 21.3. The van der Waals surface area contributed by atoms with Crippen LogP contribution in [0.5, 0.6) is 0 Å². The van der Waals surface area contributed by atoms with Crippen LogP contribution in [0.3, 0.4) is 0 Å². The van der Waals surface area contributed by atoms with Gasteiger partial charge in [0.2, 0.25) is 5.36 Å². The van der Waals surface area contributed by atoms with Crippen molar-refractivity contribution < 1.29 is 33.8 Å². The molecule has 2 fully saturated rings. The number of nitrogens with zero attached hydrogens (tertiary/aromatic N) is 2. The molecule has 2 saturated heterocycles. The van der Waals surface area contributed by atoms with Crippen LogP contribution < -0.4 is 14.8 Å². The molecule has 39 heavy (non-hydrogen) atoms. The summed E-state index contributed by atoms with van der Waals surface area (Å²) in [6.45, 7) is 5.62. The Morgan fingerprint density at radius 1 is 1.00 bits per heavy atom. The highest BCUT2D eigenvalue weighted by atomic mass is 16.4. The van der Waals surface area contributed by atoms with Gasteiger partial charge >= 0.3 is 18.1 Å². The average molecular weight is 528 g/mol. The molecule has 3 aliphatic heterocycles. The molecule has 9 heteroatoms. The van der Waals surface area contributed by atoms with Gasteiger partial charge in [-0.05, 0) is 29.8 Å². The van der Waals surface area contributed by atoms with Gasteiger partial charge in [-0.2, -0.15) is 9.59 Å². The lowest BCUT2D eigenvalue weighted by atomic mass is 9.90. The molecule has 2 N–H and O–H groups in total. The molecule has 2 aromatic rings. The number of fused-ring (bicyclic) bond motifs is 2. The summed E-state index contributed by atoms with van der Waals surface area (Å²) in [6.07, 6.45) is 0.424. The van der Waals surface area contributed by atoms with Crippen molar-refractivity contribution in [1.82, 2.24) is 4.58 Å². The van der Waals surface area contributed by atoms with Gasteiger partial charge in [-0.3, -0.25) is 4.79 Å². The van der Waals surface area contributed by atoms with Crippen LogP contribution in [-0.4, -0.2) is 54.5 Å². The van der Waals surface area contributed by atoms with E-state index in [0.717, 1.165) is 40.6 Å². The Bertz CT molecular complexity index is 1650. The summed E-state index contributed by atoms with van der Waals surface area (Å²) in [4.78, 5) is 41.5. The highest BCUT2D eigenvalue weighted by Gasteiger charge is 2.30. The summed E-state index contributed by atoms with van der Waals surface area (Å²) >= 11 is 0. The van der Waals surface area contributed by atoms with Crippen molar-refractivity contribution >= 4 is 34.7 Å². The first kappa shape index (κ1) is 25.9. The maximum Gasteiger partial charge on any atom is 0.373 e. The predicted molar refractivity (Wildman–Crippen MR) is 142 cm³/mol. The standard InChI is InChI=1S/C29H26N2O5.CO2/c1-17-13-30(14-17)19-6-8-23-25(11-19)36-26-12-20(31-15-18(16-31)10-27(32)33)7-9-24(26)28(23)21-4-2-3-5-22(21)29(34)35;2-1-3/h2-9,11-12,17-18H,10,13-16H2,1H3,(H-,32,33,34,35);/p+1. The van der Waals surface area contributed by atoms with Crippen molar-refractivity contribution in [2.75, 3.05) is 31.1 Å². The van der Waals surface area contributed by atoms with Crippen LogP contribution in [0.25, 0.3) is 33.4 Å². The molecule has 6 rings (SSSR count). The lowest BCUT2D eigenvalue weighted by Crippen LogP contribution is -2.47. The number of anilines is 1. The summed E-state index contributed by atoms with van der Waals surface area (Å²) in [7, 11) is 0. The Morgan fingerprint density at radius 3 is 2.38 bits per heavy atom. The van der Waals surface area contributed by atoms with E-state index in [4.69, 9.17) is 19.1 Å². The first-order chi connectivity index (χ1) is 18.8. The van der Waals surface area contributed by atoms with Gasteiger partial charge < -0.3 is 19.5 Å². The van der Waals surface area contributed by atoms with Gasteiger partial charge in [-0.15, -0.1) is 0 Å². The lowest BCUT2D eigenvalue weighted by molar-refractivity contribution is -0.191. The number of aromatic carboxylic acids is 1. The van der Waals surface area contributed by atoms with Gasteiger partial charge in [0.05, 0.1) is 24.0 Å². The van der Waals surface area contributed by atoms with E-state index in [1.54, 1.807) is 12.1 Å². The second-order valence-corrected chi connectivity index (χ2v) is 10.2. The van der Waals surface area contributed by atoms with Gasteiger partial charge in [0.15, 0.2) is 13.1 Å². The zero-order valence-electron chi connectivity index (χ0n) is 21.3. The Kier molecular flexibility index (Phi) is 7.00. The summed E-state index contributed by atoms with van der Waals surface area (Å²) in [5.74, 6) is -0.226. The highest BCUT2D eigenvalue weighted by molar-refractivity contribution is 6.07. The average Bonchev–Trinajstić information content (AvgIpc) is 2.87. The second-order valence-electron chi connectivity index (χ2n) is 10.2. The summed E-state index contributed by atoms with van der Waals surface area (Å²) < 4.78 is 8.76. The molecular weight excluding hydrogens is 500 g/mol. The first-order valence-electron chi connectivity index (χ1n) is 12.7. The minimum Gasteiger partial charge on any atom is -0.481 e. The SMILES string of the molecule is CC1C[N+](=c2ccc3c(-c4ccccc4C(=O)O)c4ccc(N5CC(CC(=O)O)C5)cc4oc-3c2)C1.O=C=O. The van der Waals surface area contributed by atoms with Crippen molar-refractivity contribution in [1.29, 1.82) is 0 Å². The van der Waals surface area contributed by atoms with Crippen LogP contribution in [-0.2, 0) is 14.4 Å². The van der Waals surface area contributed by atoms with Crippen LogP contribution in [0.2, 0.25) is 0 Å². The topological polar surface area (TPSA) is 128 Å². The number of carboxylic acids is 2. The molecule has 0 amide bonds. The summed E-state index contributed by atoms with van der Waals surface area (Å²) in [6, 6.07) is 19.2. The van der Waals surface area contributed by atoms with E-state index in [1.807, 2.05) is 42.5 Å². The zero-order chi connectivity index (χ0) is 27.7. The third-order valence-corrected chi connectivity index (χ3v) is 7.33. The van der Waals surface area contributed by atoms with Crippen LogP contribution in [0, 0.1) is 11.8 Å². The molecule has 3 heterocycles. The molecule has 0 radical (unpaired) electrons. The predicted octanol–water partition coefficient (Wildman–Crippen LogP) is 3.65. The molecule has 1 aliphatic carbocycles. The van der Waals surface area contributed by atoms with Crippen LogP contribution >= 0.6 is 0 Å². The van der Waals surface area contributed by atoms with E-state index < -0.39 is 11.9 Å². The molecule has 0 unspecified atom stereocenters. The Hall–Kier alpha value is -4.75. The fourth-order valence-corrected chi connectivity index (χ4v) is 5.51. The number of carbonyl (C=O) groups excluding carboxylic acids is 2. The number of benzene rings is 3. The van der Waals surface area contributed by atoms with Crippen LogP contribution in [0.1, 0.15) is 23.7 Å². The van der Waals surface area contributed by atoms with Crippen molar-refractivity contribution in [2.45, 2.75) is 13.3 Å². The molecule has 0 bridgehead atoms. The minimum atomic E-state index is -0.972. The molecule has 2 aromatic carbocycles. The fraction of sp³-hybridized carbons (Fsp3) is 0.267. The number of hydrogen-bond acceptors (Lipinski definition) is 6. The number of carbonyl (C=O) groups is 2. The number of rotatable bonds is 5. The summed E-state index contributed by atoms with van der Waals surface area (Å²) in [5.41, 5.74) is 4.25. The first-order valence-corrected chi connectivity index (χ1v) is 12.7. The van der Waals surface area contributed by atoms with Gasteiger partial charge in [-0.1, -0.05) is 25.1 Å². The van der Waals surface area contributed by atoms with E-state index in [9.17, 15) is 14.7 Å². The largest absolute Gasteiger partial charge is 0.481 e. The highest BCUT2D eigenvalue weighted by Crippen LogP contribution is 2.42. The number of carboxylic acid groups (broad SMARTS) is 2. The monoisotopic (exact) mass is 527 g/mol. The maximum atomic E-state index is 12.1.